The highest BCUT2D eigenvalue weighted by Crippen LogP contribution is 2.17. The van der Waals surface area contributed by atoms with Gasteiger partial charge in [-0.25, -0.2) is 9.97 Å². The first kappa shape index (κ1) is 11.3. The average Bonchev–Trinajstić information content (AvgIpc) is 2.80. The molecule has 5 N–H and O–H groups in total. The molecule has 2 aromatic heterocycles. The Bertz CT molecular complexity index is 525. The molecule has 0 saturated heterocycles. The molecular weight excluding hydrogens is 238 g/mol. The van der Waals surface area contributed by atoms with Crippen molar-refractivity contribution in [3.05, 3.63) is 34.4 Å². The summed E-state index contributed by atoms with van der Waals surface area (Å²) in [6.45, 7) is 0.511. The predicted molar refractivity (Wildman–Crippen MR) is 66.6 cm³/mol. The van der Waals surface area contributed by atoms with Gasteiger partial charge in [-0.1, -0.05) is 0 Å². The van der Waals surface area contributed by atoms with Gasteiger partial charge in [0.1, 0.15) is 16.5 Å². The maximum atomic E-state index is 11.0. The molecule has 0 atom stereocenters. The molecule has 0 aliphatic rings. The lowest BCUT2D eigenvalue weighted by Gasteiger charge is -2.07. The number of primary amides is 1. The number of rotatable bonds is 4. The molecule has 7 heteroatoms. The van der Waals surface area contributed by atoms with Crippen LogP contribution in [0, 0.1) is 0 Å². The molecule has 0 aliphatic carbocycles. The summed E-state index contributed by atoms with van der Waals surface area (Å²) in [5, 5.41) is 5.81. The fraction of sp³-hybridized carbons (Fsp3) is 0.100. The maximum absolute atomic E-state index is 11.0. The summed E-state index contributed by atoms with van der Waals surface area (Å²) in [7, 11) is 0. The number of nitrogens with zero attached hydrogens (tertiary/aromatic N) is 2. The Morgan fingerprint density at radius 3 is 2.94 bits per heavy atom. The number of nitrogens with one attached hydrogen (secondary N) is 1. The number of amides is 1. The van der Waals surface area contributed by atoms with Gasteiger partial charge in [0.2, 0.25) is 0 Å². The molecule has 1 amide bonds. The van der Waals surface area contributed by atoms with Crippen molar-refractivity contribution in [3.63, 3.8) is 0 Å². The lowest BCUT2D eigenvalue weighted by molar-refractivity contribution is 0.0996. The Labute approximate surface area is 102 Å². The largest absolute Gasteiger partial charge is 0.396 e. The van der Waals surface area contributed by atoms with E-state index in [-0.39, 0.29) is 5.69 Å². The molecule has 17 heavy (non-hydrogen) atoms. The Morgan fingerprint density at radius 2 is 2.29 bits per heavy atom. The Morgan fingerprint density at radius 1 is 1.47 bits per heavy atom. The minimum atomic E-state index is -0.581. The lowest BCUT2D eigenvalue weighted by atomic mass is 10.3. The number of hydrogen-bond acceptors (Lipinski definition) is 6. The first-order valence-corrected chi connectivity index (χ1v) is 5.73. The van der Waals surface area contributed by atoms with E-state index in [1.807, 2.05) is 5.38 Å². The summed E-state index contributed by atoms with van der Waals surface area (Å²) in [6.07, 6.45) is 1.72. The van der Waals surface area contributed by atoms with Crippen LogP contribution in [0.1, 0.15) is 15.5 Å². The third-order valence-corrected chi connectivity index (χ3v) is 2.85. The van der Waals surface area contributed by atoms with E-state index >= 15 is 0 Å². The molecule has 0 aromatic carbocycles. The summed E-state index contributed by atoms with van der Waals surface area (Å²) in [5.41, 5.74) is 11.5. The van der Waals surface area contributed by atoms with Crippen LogP contribution in [0.4, 0.5) is 11.5 Å². The van der Waals surface area contributed by atoms with Crippen LogP contribution in [0.2, 0.25) is 0 Å². The van der Waals surface area contributed by atoms with Gasteiger partial charge in [0.25, 0.3) is 5.91 Å². The summed E-state index contributed by atoms with van der Waals surface area (Å²) in [5.74, 6) is -0.140. The number of carbonyl (C=O) groups is 1. The van der Waals surface area contributed by atoms with Crippen molar-refractivity contribution in [3.8, 4) is 0 Å². The zero-order valence-corrected chi connectivity index (χ0v) is 9.70. The maximum Gasteiger partial charge on any atom is 0.267 e. The van der Waals surface area contributed by atoms with Crippen LogP contribution in [0.15, 0.2) is 23.7 Å². The molecule has 0 saturated carbocycles. The smallest absolute Gasteiger partial charge is 0.267 e. The molecule has 0 spiro atoms. The number of nitrogens with two attached hydrogens (primary N) is 2. The van der Waals surface area contributed by atoms with Gasteiger partial charge in [-0.3, -0.25) is 4.79 Å². The number of pyridine rings is 1. The average molecular weight is 249 g/mol. The Balaban J connectivity index is 2.14. The van der Waals surface area contributed by atoms with E-state index in [9.17, 15) is 4.79 Å². The minimum absolute atomic E-state index is 0.181. The van der Waals surface area contributed by atoms with Gasteiger partial charge in [0.05, 0.1) is 12.2 Å². The van der Waals surface area contributed by atoms with E-state index in [1.54, 1.807) is 12.3 Å². The summed E-state index contributed by atoms with van der Waals surface area (Å²) < 4.78 is 0. The van der Waals surface area contributed by atoms with Crippen molar-refractivity contribution < 1.29 is 4.79 Å². The zero-order chi connectivity index (χ0) is 12.3. The molecule has 2 heterocycles. The van der Waals surface area contributed by atoms with E-state index < -0.39 is 5.91 Å². The van der Waals surface area contributed by atoms with Gasteiger partial charge in [-0.15, -0.1) is 11.3 Å². The normalized spacial score (nSPS) is 10.1. The van der Waals surface area contributed by atoms with Crippen LogP contribution in [-0.4, -0.2) is 15.9 Å². The van der Waals surface area contributed by atoms with E-state index in [1.165, 1.54) is 17.4 Å². The van der Waals surface area contributed by atoms with E-state index in [4.69, 9.17) is 11.5 Å². The minimum Gasteiger partial charge on any atom is -0.396 e. The van der Waals surface area contributed by atoms with Gasteiger partial charge in [-0.2, -0.15) is 0 Å². The van der Waals surface area contributed by atoms with Crippen molar-refractivity contribution in [2.24, 2.45) is 5.73 Å². The van der Waals surface area contributed by atoms with Crippen LogP contribution >= 0.6 is 11.3 Å². The fourth-order valence-electron chi connectivity index (χ4n) is 1.25. The van der Waals surface area contributed by atoms with Crippen LogP contribution in [0.5, 0.6) is 0 Å². The predicted octanol–water partition coefficient (Wildman–Crippen LogP) is 0.831. The highest BCUT2D eigenvalue weighted by atomic mass is 32.1. The molecule has 0 fully saturated rings. The van der Waals surface area contributed by atoms with Crippen LogP contribution in [0.25, 0.3) is 0 Å². The summed E-state index contributed by atoms with van der Waals surface area (Å²) in [4.78, 5) is 19.1. The molecule has 0 bridgehead atoms. The number of anilines is 2. The first-order chi connectivity index (χ1) is 8.16. The van der Waals surface area contributed by atoms with Crippen molar-refractivity contribution >= 4 is 28.7 Å². The number of thiazole rings is 1. The number of hydrogen-bond donors (Lipinski definition) is 3. The van der Waals surface area contributed by atoms with Gasteiger partial charge >= 0.3 is 0 Å². The van der Waals surface area contributed by atoms with Gasteiger partial charge in [0, 0.05) is 11.6 Å². The van der Waals surface area contributed by atoms with E-state index in [0.717, 1.165) is 5.01 Å². The summed E-state index contributed by atoms with van der Waals surface area (Å²) in [6, 6.07) is 3.09. The molecule has 88 valence electrons. The quantitative estimate of drug-likeness (QED) is 0.744. The second-order valence-corrected chi connectivity index (χ2v) is 4.26. The monoisotopic (exact) mass is 249 g/mol. The standard InChI is InChI=1S/C10H11N5OS/c11-6-1-2-7(9(12)16)15-10(6)14-5-8-13-3-4-17-8/h1-4H,5,11H2,(H2,12,16)(H,14,15). The van der Waals surface area contributed by atoms with Crippen LogP contribution in [-0.2, 0) is 6.54 Å². The fourth-order valence-corrected chi connectivity index (χ4v) is 1.80. The van der Waals surface area contributed by atoms with Crippen LogP contribution in [0.3, 0.4) is 0 Å². The highest BCUT2D eigenvalue weighted by molar-refractivity contribution is 7.09. The Kier molecular flexibility index (Phi) is 3.20. The molecule has 0 unspecified atom stereocenters. The Hall–Kier alpha value is -2.15. The van der Waals surface area contributed by atoms with E-state index in [0.29, 0.717) is 18.1 Å². The SMILES string of the molecule is NC(=O)c1ccc(N)c(NCc2nccs2)n1. The van der Waals surface area contributed by atoms with Crippen molar-refractivity contribution in [2.45, 2.75) is 6.54 Å². The second-order valence-electron chi connectivity index (χ2n) is 3.28. The molecule has 2 rings (SSSR count). The second kappa shape index (κ2) is 4.79. The molecular formula is C10H11N5OS. The molecule has 6 nitrogen and oxygen atoms in total. The van der Waals surface area contributed by atoms with Crippen LogP contribution < -0.4 is 16.8 Å². The molecule has 0 aliphatic heterocycles. The van der Waals surface area contributed by atoms with Crippen molar-refractivity contribution in [1.29, 1.82) is 0 Å². The molecule has 0 radical (unpaired) electrons. The summed E-state index contributed by atoms with van der Waals surface area (Å²) >= 11 is 1.52. The highest BCUT2D eigenvalue weighted by Gasteiger charge is 2.07. The third kappa shape index (κ3) is 2.70. The first-order valence-electron chi connectivity index (χ1n) is 4.85. The molecule has 2 aromatic rings. The topological polar surface area (TPSA) is 107 Å². The van der Waals surface area contributed by atoms with Gasteiger partial charge < -0.3 is 16.8 Å². The number of carbonyl (C=O) groups excluding carboxylic acids is 1. The van der Waals surface area contributed by atoms with Gasteiger partial charge in [-0.05, 0) is 12.1 Å². The van der Waals surface area contributed by atoms with Crippen molar-refractivity contribution in [2.75, 3.05) is 11.1 Å². The zero-order valence-electron chi connectivity index (χ0n) is 8.88. The lowest BCUT2D eigenvalue weighted by Crippen LogP contribution is -2.15. The number of aromatic nitrogens is 2. The van der Waals surface area contributed by atoms with Gasteiger partial charge in [0.15, 0.2) is 0 Å². The van der Waals surface area contributed by atoms with E-state index in [2.05, 4.69) is 15.3 Å². The van der Waals surface area contributed by atoms with Crippen molar-refractivity contribution in [1.82, 2.24) is 9.97 Å². The number of nitrogen functional groups attached to an aromatic ring is 1. The third-order valence-electron chi connectivity index (χ3n) is 2.07.